The van der Waals surface area contributed by atoms with E-state index in [2.05, 4.69) is 0 Å². The SMILES string of the molecule is CCOC1CC2(C1)CC(O)c1ccccc1O2. The Morgan fingerprint density at radius 1 is 1.35 bits per heavy atom. The first-order valence-electron chi connectivity index (χ1n) is 6.30. The molecule has 1 aromatic rings. The molecular weight excluding hydrogens is 216 g/mol. The molecule has 2 aliphatic rings. The van der Waals surface area contributed by atoms with Crippen molar-refractivity contribution in [3.63, 3.8) is 0 Å². The lowest BCUT2D eigenvalue weighted by atomic mass is 9.71. The zero-order valence-electron chi connectivity index (χ0n) is 10.1. The summed E-state index contributed by atoms with van der Waals surface area (Å²) < 4.78 is 11.6. The van der Waals surface area contributed by atoms with Gasteiger partial charge < -0.3 is 14.6 Å². The second-order valence-corrected chi connectivity index (χ2v) is 5.03. The van der Waals surface area contributed by atoms with Crippen LogP contribution in [-0.4, -0.2) is 23.4 Å². The molecule has 1 aliphatic carbocycles. The van der Waals surface area contributed by atoms with Gasteiger partial charge in [-0.3, -0.25) is 0 Å². The largest absolute Gasteiger partial charge is 0.487 e. The fraction of sp³-hybridized carbons (Fsp3) is 0.571. The standard InChI is InChI=1S/C14H18O3/c1-2-16-10-7-14(8-10)9-12(15)11-5-3-4-6-13(11)17-14/h3-6,10,12,15H,2,7-9H2,1H3. The van der Waals surface area contributed by atoms with Crippen molar-refractivity contribution < 1.29 is 14.6 Å². The fourth-order valence-electron chi connectivity index (χ4n) is 2.96. The predicted molar refractivity (Wildman–Crippen MR) is 64.0 cm³/mol. The summed E-state index contributed by atoms with van der Waals surface area (Å²) in [5.74, 6) is 0.834. The van der Waals surface area contributed by atoms with Crippen LogP contribution in [0.4, 0.5) is 0 Å². The van der Waals surface area contributed by atoms with Crippen molar-refractivity contribution in [3.8, 4) is 5.75 Å². The quantitative estimate of drug-likeness (QED) is 0.854. The molecule has 0 bridgehead atoms. The van der Waals surface area contributed by atoms with Crippen molar-refractivity contribution in [2.45, 2.75) is 44.0 Å². The summed E-state index contributed by atoms with van der Waals surface area (Å²) in [5, 5.41) is 10.2. The van der Waals surface area contributed by atoms with Crippen molar-refractivity contribution in [1.29, 1.82) is 0 Å². The molecule has 1 aromatic carbocycles. The third-order valence-electron chi connectivity index (χ3n) is 3.77. The first kappa shape index (κ1) is 11.1. The second kappa shape index (κ2) is 4.00. The molecule has 1 fully saturated rings. The van der Waals surface area contributed by atoms with E-state index in [-0.39, 0.29) is 5.60 Å². The van der Waals surface area contributed by atoms with Gasteiger partial charge >= 0.3 is 0 Å². The van der Waals surface area contributed by atoms with Crippen LogP contribution in [0, 0.1) is 0 Å². The van der Waals surface area contributed by atoms with Gasteiger partial charge in [-0.25, -0.2) is 0 Å². The minimum absolute atomic E-state index is 0.187. The summed E-state index contributed by atoms with van der Waals surface area (Å²) in [6.45, 7) is 2.76. The first-order chi connectivity index (χ1) is 8.22. The maximum Gasteiger partial charge on any atom is 0.125 e. The molecule has 1 spiro atoms. The molecule has 3 nitrogen and oxygen atoms in total. The number of hydrogen-bond acceptors (Lipinski definition) is 3. The van der Waals surface area contributed by atoms with Gasteiger partial charge in [0.25, 0.3) is 0 Å². The van der Waals surface area contributed by atoms with E-state index >= 15 is 0 Å². The highest BCUT2D eigenvalue weighted by atomic mass is 16.5. The number of ether oxygens (including phenoxy) is 2. The average molecular weight is 234 g/mol. The average Bonchev–Trinajstić information content (AvgIpc) is 2.27. The minimum Gasteiger partial charge on any atom is -0.487 e. The van der Waals surface area contributed by atoms with Crippen LogP contribution >= 0.6 is 0 Å². The number of benzene rings is 1. The Bertz CT molecular complexity index is 410. The number of fused-ring (bicyclic) bond motifs is 1. The minimum atomic E-state index is -0.400. The van der Waals surface area contributed by atoms with Gasteiger partial charge in [0.1, 0.15) is 11.4 Å². The van der Waals surface area contributed by atoms with Gasteiger partial charge in [-0.05, 0) is 13.0 Å². The third kappa shape index (κ3) is 1.83. The molecule has 0 aromatic heterocycles. The Labute approximate surface area is 101 Å². The Morgan fingerprint density at radius 3 is 2.88 bits per heavy atom. The molecule has 0 radical (unpaired) electrons. The summed E-state index contributed by atoms with van der Waals surface area (Å²) in [6.07, 6.45) is 2.38. The van der Waals surface area contributed by atoms with Crippen LogP contribution in [0.15, 0.2) is 24.3 Å². The molecule has 3 rings (SSSR count). The number of hydrogen-bond donors (Lipinski definition) is 1. The summed E-state index contributed by atoms with van der Waals surface area (Å²) >= 11 is 0. The highest BCUT2D eigenvalue weighted by Gasteiger charge is 2.50. The molecule has 92 valence electrons. The molecule has 17 heavy (non-hydrogen) atoms. The summed E-state index contributed by atoms with van der Waals surface area (Å²) in [4.78, 5) is 0. The van der Waals surface area contributed by atoms with Gasteiger partial charge in [0, 0.05) is 31.4 Å². The van der Waals surface area contributed by atoms with E-state index in [0.717, 1.165) is 30.8 Å². The topological polar surface area (TPSA) is 38.7 Å². The Hall–Kier alpha value is -1.06. The predicted octanol–water partition coefficient (Wildman–Crippen LogP) is 2.44. The molecule has 3 heteroatoms. The van der Waals surface area contributed by atoms with Gasteiger partial charge in [-0.1, -0.05) is 18.2 Å². The molecule has 1 aliphatic heterocycles. The van der Waals surface area contributed by atoms with Crippen LogP contribution in [-0.2, 0) is 4.74 Å². The maximum absolute atomic E-state index is 10.2. The van der Waals surface area contributed by atoms with Gasteiger partial charge in [0.2, 0.25) is 0 Å². The van der Waals surface area contributed by atoms with Crippen LogP contribution in [0.2, 0.25) is 0 Å². The maximum atomic E-state index is 10.2. The zero-order valence-corrected chi connectivity index (χ0v) is 10.1. The lowest BCUT2D eigenvalue weighted by molar-refractivity contribution is -0.147. The van der Waals surface area contributed by atoms with E-state index in [9.17, 15) is 5.11 Å². The van der Waals surface area contributed by atoms with E-state index in [4.69, 9.17) is 9.47 Å². The van der Waals surface area contributed by atoms with Crippen LogP contribution in [0.3, 0.4) is 0 Å². The monoisotopic (exact) mass is 234 g/mol. The van der Waals surface area contributed by atoms with Crippen molar-refractivity contribution >= 4 is 0 Å². The Morgan fingerprint density at radius 2 is 2.12 bits per heavy atom. The van der Waals surface area contributed by atoms with E-state index in [1.807, 2.05) is 31.2 Å². The number of aliphatic hydroxyl groups excluding tert-OH is 1. The fourth-order valence-corrected chi connectivity index (χ4v) is 2.96. The van der Waals surface area contributed by atoms with Crippen LogP contribution in [0.5, 0.6) is 5.75 Å². The highest BCUT2D eigenvalue weighted by molar-refractivity contribution is 5.38. The number of para-hydroxylation sites is 1. The van der Waals surface area contributed by atoms with Gasteiger partial charge in [-0.2, -0.15) is 0 Å². The van der Waals surface area contributed by atoms with Gasteiger partial charge in [0.05, 0.1) is 12.2 Å². The van der Waals surface area contributed by atoms with E-state index < -0.39 is 6.10 Å². The third-order valence-corrected chi connectivity index (χ3v) is 3.77. The Balaban J connectivity index is 1.77. The van der Waals surface area contributed by atoms with Crippen molar-refractivity contribution in [3.05, 3.63) is 29.8 Å². The molecule has 1 atom stereocenters. The van der Waals surface area contributed by atoms with Crippen LogP contribution in [0.1, 0.15) is 37.9 Å². The summed E-state index contributed by atoms with van der Waals surface area (Å²) in [7, 11) is 0. The molecule has 0 amide bonds. The summed E-state index contributed by atoms with van der Waals surface area (Å²) in [5.41, 5.74) is 0.728. The smallest absolute Gasteiger partial charge is 0.125 e. The first-order valence-corrected chi connectivity index (χ1v) is 6.30. The highest BCUT2D eigenvalue weighted by Crippen LogP contribution is 2.49. The zero-order chi connectivity index (χ0) is 11.9. The van der Waals surface area contributed by atoms with E-state index in [1.165, 1.54) is 0 Å². The lowest BCUT2D eigenvalue weighted by Gasteiger charge is -2.50. The van der Waals surface area contributed by atoms with E-state index in [0.29, 0.717) is 12.5 Å². The molecule has 1 heterocycles. The van der Waals surface area contributed by atoms with Gasteiger partial charge in [-0.15, -0.1) is 0 Å². The number of rotatable bonds is 2. The molecular formula is C14H18O3. The lowest BCUT2D eigenvalue weighted by Crippen LogP contribution is -2.55. The molecule has 1 saturated carbocycles. The van der Waals surface area contributed by atoms with Gasteiger partial charge in [0.15, 0.2) is 0 Å². The van der Waals surface area contributed by atoms with Crippen molar-refractivity contribution in [2.24, 2.45) is 0 Å². The van der Waals surface area contributed by atoms with Crippen molar-refractivity contribution in [2.75, 3.05) is 6.61 Å². The van der Waals surface area contributed by atoms with Crippen LogP contribution in [0.25, 0.3) is 0 Å². The second-order valence-electron chi connectivity index (χ2n) is 5.03. The van der Waals surface area contributed by atoms with E-state index in [1.54, 1.807) is 0 Å². The molecule has 1 N–H and O–H groups in total. The summed E-state index contributed by atoms with van der Waals surface area (Å²) in [6, 6.07) is 7.76. The molecule has 0 saturated heterocycles. The number of aliphatic hydroxyl groups is 1. The van der Waals surface area contributed by atoms with Crippen molar-refractivity contribution in [1.82, 2.24) is 0 Å². The normalized spacial score (nSPS) is 34.9. The van der Waals surface area contributed by atoms with Crippen LogP contribution < -0.4 is 4.74 Å². The Kier molecular flexibility index (Phi) is 2.60. The molecule has 1 unspecified atom stereocenters.